The third-order valence-electron chi connectivity index (χ3n) is 2.49. The number of rotatable bonds is 4. The summed E-state index contributed by atoms with van der Waals surface area (Å²) >= 11 is 4.62. The van der Waals surface area contributed by atoms with Crippen molar-refractivity contribution in [3.8, 4) is 11.3 Å². The molecule has 3 N–H and O–H groups in total. The summed E-state index contributed by atoms with van der Waals surface area (Å²) in [5.41, 5.74) is 9.05. The lowest BCUT2D eigenvalue weighted by atomic mass is 10.1. The van der Waals surface area contributed by atoms with Gasteiger partial charge < -0.3 is 10.2 Å². The van der Waals surface area contributed by atoms with Gasteiger partial charge in [0, 0.05) is 27.4 Å². The van der Waals surface area contributed by atoms with Crippen molar-refractivity contribution in [2.75, 3.05) is 7.05 Å². The van der Waals surface area contributed by atoms with Crippen LogP contribution in [0.4, 0.5) is 5.69 Å². The Morgan fingerprint density at radius 3 is 2.95 bits per heavy atom. The highest BCUT2D eigenvalue weighted by Crippen LogP contribution is 2.25. The molecule has 102 valence electrons. The van der Waals surface area contributed by atoms with E-state index in [-0.39, 0.29) is 5.11 Å². The molecule has 0 atom stereocenters. The standard InChI is InChI=1S/C13H12N4O2S/c1-17(18)10-4-2-3-9(7-10)12-6-5-11(19-12)8-15-16-13(14)20/h2-8H,1H3,(H2-,14,16,20)/p+1/b15-8+. The molecule has 0 amide bonds. The zero-order valence-corrected chi connectivity index (χ0v) is 11.6. The van der Waals surface area contributed by atoms with E-state index in [0.717, 1.165) is 10.3 Å². The van der Waals surface area contributed by atoms with Crippen molar-refractivity contribution in [1.29, 1.82) is 0 Å². The first kappa shape index (κ1) is 13.9. The number of nitrogens with two attached hydrogens (primary N) is 1. The monoisotopic (exact) mass is 289 g/mol. The van der Waals surface area contributed by atoms with Crippen LogP contribution in [-0.4, -0.2) is 23.1 Å². The summed E-state index contributed by atoms with van der Waals surface area (Å²) in [5, 5.41) is 3.88. The van der Waals surface area contributed by atoms with Gasteiger partial charge >= 0.3 is 0 Å². The number of benzene rings is 1. The van der Waals surface area contributed by atoms with Crippen molar-refractivity contribution in [2.45, 2.75) is 0 Å². The summed E-state index contributed by atoms with van der Waals surface area (Å²) in [6.45, 7) is 0. The third-order valence-corrected chi connectivity index (χ3v) is 2.58. The molecule has 0 fully saturated rings. The molecule has 0 saturated heterocycles. The highest BCUT2D eigenvalue weighted by Gasteiger charge is 2.10. The number of nitrogens with one attached hydrogen (secondary N) is 1. The molecule has 6 nitrogen and oxygen atoms in total. The van der Waals surface area contributed by atoms with Crippen molar-refractivity contribution in [3.05, 3.63) is 47.1 Å². The van der Waals surface area contributed by atoms with Crippen LogP contribution in [0.5, 0.6) is 0 Å². The van der Waals surface area contributed by atoms with Gasteiger partial charge in [0.15, 0.2) is 12.2 Å². The van der Waals surface area contributed by atoms with Crippen LogP contribution in [0.1, 0.15) is 5.76 Å². The Bertz CT molecular complexity index is 679. The molecule has 1 aromatic heterocycles. The van der Waals surface area contributed by atoms with Crippen LogP contribution in [-0.2, 0) is 0 Å². The maximum atomic E-state index is 11.3. The number of nitroso groups, excluding NO2 is 1. The second kappa shape index (κ2) is 6.07. The average molecular weight is 289 g/mol. The molecule has 0 aliphatic carbocycles. The number of hydrazone groups is 1. The fourth-order valence-corrected chi connectivity index (χ4v) is 1.64. The molecule has 7 heteroatoms. The second-order valence-corrected chi connectivity index (χ2v) is 4.42. The van der Waals surface area contributed by atoms with E-state index in [0.29, 0.717) is 17.2 Å². The minimum atomic E-state index is 0.0826. The lowest BCUT2D eigenvalue weighted by molar-refractivity contribution is -0.428. The van der Waals surface area contributed by atoms with Crippen molar-refractivity contribution in [1.82, 2.24) is 5.43 Å². The predicted octanol–water partition coefficient (Wildman–Crippen LogP) is 2.15. The molecule has 1 heterocycles. The number of hydrogen-bond donors (Lipinski definition) is 2. The molecular formula is C13H13N4O2S+. The van der Waals surface area contributed by atoms with E-state index in [9.17, 15) is 4.91 Å². The first-order chi connectivity index (χ1) is 9.56. The van der Waals surface area contributed by atoms with Crippen LogP contribution in [0.25, 0.3) is 11.3 Å². The molecule has 0 unspecified atom stereocenters. The molecule has 0 aliphatic heterocycles. The topological polar surface area (TPSA) is 83.6 Å². The Kier molecular flexibility index (Phi) is 4.21. The summed E-state index contributed by atoms with van der Waals surface area (Å²) in [6, 6.07) is 10.7. The van der Waals surface area contributed by atoms with Gasteiger partial charge in [-0.15, -0.1) is 0 Å². The first-order valence-corrected chi connectivity index (χ1v) is 6.17. The summed E-state index contributed by atoms with van der Waals surface area (Å²) in [4.78, 5) is 11.3. The van der Waals surface area contributed by atoms with Crippen LogP contribution in [0.3, 0.4) is 0 Å². The number of furan rings is 1. The number of thiocarbonyl (C=S) groups is 1. The molecule has 2 rings (SSSR count). The van der Waals surface area contributed by atoms with Crippen LogP contribution in [0, 0.1) is 4.91 Å². The Balaban J connectivity index is 2.20. The molecule has 1 aromatic carbocycles. The Hall–Kier alpha value is -2.54. The maximum absolute atomic E-state index is 11.3. The molecule has 0 spiro atoms. The van der Waals surface area contributed by atoms with E-state index in [2.05, 4.69) is 22.7 Å². The van der Waals surface area contributed by atoms with Gasteiger partial charge in [0.2, 0.25) is 0 Å². The molecule has 0 saturated carbocycles. The summed E-state index contributed by atoms with van der Waals surface area (Å²) in [6.07, 6.45) is 1.46. The van der Waals surface area contributed by atoms with Crippen LogP contribution >= 0.6 is 12.2 Å². The van der Waals surface area contributed by atoms with Crippen molar-refractivity contribution < 1.29 is 9.18 Å². The van der Waals surface area contributed by atoms with Gasteiger partial charge in [0.1, 0.15) is 11.5 Å². The van der Waals surface area contributed by atoms with Crippen molar-refractivity contribution >= 4 is 29.2 Å². The van der Waals surface area contributed by atoms with Gasteiger partial charge in [0.25, 0.3) is 5.69 Å². The Morgan fingerprint density at radius 2 is 2.25 bits per heavy atom. The van der Waals surface area contributed by atoms with Gasteiger partial charge in [-0.3, -0.25) is 5.43 Å². The zero-order valence-electron chi connectivity index (χ0n) is 10.7. The fraction of sp³-hybridized carbons (Fsp3) is 0.0769. The normalized spacial score (nSPS) is 10.7. The SMILES string of the molecule is C[N+](=O)c1cccc(-c2ccc(/C=N/NC(N)=S)o2)c1. The molecule has 0 bridgehead atoms. The molecule has 20 heavy (non-hydrogen) atoms. The molecule has 0 radical (unpaired) electrons. The molecule has 0 aliphatic rings. The predicted molar refractivity (Wildman–Crippen MR) is 80.9 cm³/mol. The summed E-state index contributed by atoms with van der Waals surface area (Å²) in [5.74, 6) is 1.19. The lowest BCUT2D eigenvalue weighted by Crippen LogP contribution is -2.23. The van der Waals surface area contributed by atoms with E-state index in [1.54, 1.807) is 30.3 Å². The van der Waals surface area contributed by atoms with E-state index in [1.165, 1.54) is 13.3 Å². The first-order valence-electron chi connectivity index (χ1n) is 5.76. The highest BCUT2D eigenvalue weighted by molar-refractivity contribution is 7.80. The van der Waals surface area contributed by atoms with Crippen molar-refractivity contribution in [3.63, 3.8) is 0 Å². The van der Waals surface area contributed by atoms with Gasteiger partial charge in [-0.05, 0) is 24.4 Å². The van der Waals surface area contributed by atoms with Crippen molar-refractivity contribution in [2.24, 2.45) is 10.8 Å². The van der Waals surface area contributed by atoms with Gasteiger partial charge in [-0.2, -0.15) is 5.10 Å². The minimum absolute atomic E-state index is 0.0826. The summed E-state index contributed by atoms with van der Waals surface area (Å²) < 4.78 is 6.38. The zero-order chi connectivity index (χ0) is 14.5. The Labute approximate surface area is 120 Å². The van der Waals surface area contributed by atoms with E-state index < -0.39 is 0 Å². The van der Waals surface area contributed by atoms with E-state index >= 15 is 0 Å². The summed E-state index contributed by atoms with van der Waals surface area (Å²) in [7, 11) is 1.45. The quantitative estimate of drug-likeness (QED) is 0.390. The average Bonchev–Trinajstić information content (AvgIpc) is 2.87. The van der Waals surface area contributed by atoms with Crippen LogP contribution in [0.2, 0.25) is 0 Å². The maximum Gasteiger partial charge on any atom is 0.256 e. The molecular weight excluding hydrogens is 276 g/mol. The van der Waals surface area contributed by atoms with Crippen LogP contribution in [0.15, 0.2) is 45.9 Å². The van der Waals surface area contributed by atoms with Gasteiger partial charge in [-0.25, -0.2) is 0 Å². The number of nitrogens with zero attached hydrogens (tertiary/aromatic N) is 2. The van der Waals surface area contributed by atoms with Crippen LogP contribution < -0.4 is 11.2 Å². The second-order valence-electron chi connectivity index (χ2n) is 3.98. The lowest BCUT2D eigenvalue weighted by Gasteiger charge is -1.96. The Morgan fingerprint density at radius 1 is 1.45 bits per heavy atom. The molecule has 2 aromatic rings. The van der Waals surface area contributed by atoms with E-state index in [1.807, 2.05) is 6.07 Å². The largest absolute Gasteiger partial charge is 0.455 e. The smallest absolute Gasteiger partial charge is 0.256 e. The number of hydrogen-bond acceptors (Lipinski definition) is 4. The van der Waals surface area contributed by atoms with Gasteiger partial charge in [-0.1, -0.05) is 12.1 Å². The minimum Gasteiger partial charge on any atom is -0.455 e. The third kappa shape index (κ3) is 3.48. The van der Waals surface area contributed by atoms with E-state index in [4.69, 9.17) is 10.2 Å². The highest BCUT2D eigenvalue weighted by atomic mass is 32.1. The van der Waals surface area contributed by atoms with Gasteiger partial charge in [0.05, 0.1) is 6.21 Å². The fourth-order valence-electron chi connectivity index (χ4n) is 1.59.